The Kier molecular flexibility index (Phi) is 8.69. The van der Waals surface area contributed by atoms with Gasteiger partial charge in [0, 0.05) is 42.5 Å². The van der Waals surface area contributed by atoms with Crippen LogP contribution in [0.2, 0.25) is 0 Å². The highest BCUT2D eigenvalue weighted by molar-refractivity contribution is 7.25. The van der Waals surface area contributed by atoms with Gasteiger partial charge < -0.3 is 4.90 Å². The van der Waals surface area contributed by atoms with Crippen molar-refractivity contribution in [2.24, 2.45) is 0 Å². The minimum atomic E-state index is -0.581. The van der Waals surface area contributed by atoms with E-state index >= 15 is 0 Å². The lowest BCUT2D eigenvalue weighted by Gasteiger charge is -2.32. The molecule has 2 heteroatoms. The molecule has 0 aliphatic heterocycles. The van der Waals surface area contributed by atoms with E-state index in [9.17, 15) is 0 Å². The number of thiophene rings is 1. The van der Waals surface area contributed by atoms with Crippen LogP contribution < -0.4 is 4.90 Å². The van der Waals surface area contributed by atoms with Gasteiger partial charge in [0.15, 0.2) is 0 Å². The van der Waals surface area contributed by atoms with Crippen molar-refractivity contribution in [3.05, 3.63) is 251 Å². The van der Waals surface area contributed by atoms with Gasteiger partial charge in [-0.15, -0.1) is 17.8 Å². The predicted molar refractivity (Wildman–Crippen MR) is 285 cm³/mol. The number of rotatable bonds is 5. The summed E-state index contributed by atoms with van der Waals surface area (Å²) in [5, 5.41) is 2.63. The van der Waals surface area contributed by atoms with Crippen LogP contribution >= 0.6 is 11.3 Å². The summed E-state index contributed by atoms with van der Waals surface area (Å²) in [6.07, 6.45) is 10.5. The van der Waals surface area contributed by atoms with Gasteiger partial charge in [0.05, 0.1) is 11.1 Å². The first kappa shape index (κ1) is 39.4. The minimum Gasteiger partial charge on any atom is -0.310 e. The first-order valence-electron chi connectivity index (χ1n) is 23.2. The first-order valence-corrected chi connectivity index (χ1v) is 24.1. The fraction of sp³-hybridized carbons (Fsp3) is 0.0769. The van der Waals surface area contributed by atoms with Gasteiger partial charge in [-0.2, -0.15) is 0 Å². The SMILES string of the molecule is C#C/C=C1\C(=C/C)c2ccccc2C12c1ccccc1-c1c(N(c3ccc(-c4cccc5sc6ccccc6c45)cc3)c3ccc4c(c3)C(C)(C)c3cc(-c5ccccc5)ccc3-4)cccc12. The van der Waals surface area contributed by atoms with Crippen LogP contribution in [0.15, 0.2) is 218 Å². The van der Waals surface area contributed by atoms with Crippen LogP contribution in [0, 0.1) is 12.3 Å². The molecule has 10 aromatic rings. The zero-order chi connectivity index (χ0) is 45.0. The number of allylic oxidation sites excluding steroid dienone is 4. The second-order valence-corrected chi connectivity index (χ2v) is 19.7. The largest absolute Gasteiger partial charge is 0.310 e. The molecule has 316 valence electrons. The number of anilines is 3. The molecule has 0 amide bonds. The number of hydrogen-bond acceptors (Lipinski definition) is 2. The van der Waals surface area contributed by atoms with E-state index in [0.717, 1.165) is 22.6 Å². The number of fused-ring (bicyclic) bond motifs is 13. The summed E-state index contributed by atoms with van der Waals surface area (Å²) in [6.45, 7) is 6.91. The third-order valence-corrected chi connectivity index (χ3v) is 16.1. The molecule has 1 heterocycles. The number of benzene rings is 9. The zero-order valence-corrected chi connectivity index (χ0v) is 38.5. The summed E-state index contributed by atoms with van der Waals surface area (Å²) in [7, 11) is 0. The molecule has 1 spiro atoms. The minimum absolute atomic E-state index is 0.232. The Balaban J connectivity index is 1.04. The fourth-order valence-corrected chi connectivity index (χ4v) is 13.2. The Morgan fingerprint density at radius 3 is 1.90 bits per heavy atom. The van der Waals surface area contributed by atoms with Crippen molar-refractivity contribution >= 4 is 54.1 Å². The van der Waals surface area contributed by atoms with E-state index in [4.69, 9.17) is 6.42 Å². The van der Waals surface area contributed by atoms with E-state index in [1.807, 2.05) is 17.4 Å². The molecule has 9 aromatic carbocycles. The van der Waals surface area contributed by atoms with Gasteiger partial charge >= 0.3 is 0 Å². The molecule has 0 saturated carbocycles. The van der Waals surface area contributed by atoms with Crippen LogP contribution in [-0.4, -0.2) is 0 Å². The summed E-state index contributed by atoms with van der Waals surface area (Å²) >= 11 is 1.87. The highest BCUT2D eigenvalue weighted by Gasteiger charge is 2.54. The van der Waals surface area contributed by atoms with E-state index < -0.39 is 5.41 Å². The molecule has 13 rings (SSSR count). The van der Waals surface area contributed by atoms with E-state index in [1.165, 1.54) is 104 Å². The van der Waals surface area contributed by atoms with Crippen LogP contribution in [0.4, 0.5) is 17.1 Å². The lowest BCUT2D eigenvalue weighted by Crippen LogP contribution is -2.26. The Hall–Kier alpha value is -7.96. The topological polar surface area (TPSA) is 3.24 Å². The molecule has 3 aliphatic rings. The molecule has 0 bridgehead atoms. The standard InChI is InChI=1S/C65H45NS/c1-5-18-53-46(6-2)48-21-10-13-25-54(48)65(53)55-26-14-11-22-51(55)63-56(65)27-17-28-59(63)66(44-34-31-42(32-35-44)47-24-16-30-61-62(47)52-23-12-15-29-60(52)67-61)45-36-38-50-49-37-33-43(41-19-8-7-9-20-41)39-57(49)64(3,4)58(50)40-45/h1,6-40H,2-4H3/b46-6-,53-18+. The third-order valence-electron chi connectivity index (χ3n) is 15.0. The summed E-state index contributed by atoms with van der Waals surface area (Å²) < 4.78 is 2.62. The third kappa shape index (κ3) is 5.50. The number of terminal acetylenes is 1. The predicted octanol–water partition coefficient (Wildman–Crippen LogP) is 17.5. The summed E-state index contributed by atoms with van der Waals surface area (Å²) in [5.41, 5.74) is 22.6. The number of nitrogens with zero attached hydrogens (tertiary/aromatic N) is 1. The molecular weight excluding hydrogens is 827 g/mol. The first-order chi connectivity index (χ1) is 32.9. The molecule has 1 nitrogen and oxygen atoms in total. The smallest absolute Gasteiger partial charge is 0.0732 e. The Labute approximate surface area is 396 Å². The molecule has 1 atom stereocenters. The fourth-order valence-electron chi connectivity index (χ4n) is 12.1. The van der Waals surface area contributed by atoms with Gasteiger partial charge in [0.2, 0.25) is 0 Å². The average molecular weight is 872 g/mol. The van der Waals surface area contributed by atoms with E-state index in [1.54, 1.807) is 0 Å². The number of hydrogen-bond donors (Lipinski definition) is 0. The summed E-state index contributed by atoms with van der Waals surface area (Å²) in [4.78, 5) is 2.51. The maximum atomic E-state index is 6.26. The zero-order valence-electron chi connectivity index (χ0n) is 37.6. The van der Waals surface area contributed by atoms with Gasteiger partial charge in [-0.1, -0.05) is 178 Å². The molecule has 0 saturated heterocycles. The molecule has 0 N–H and O–H groups in total. The van der Waals surface area contributed by atoms with Crippen molar-refractivity contribution < 1.29 is 0 Å². The summed E-state index contributed by atoms with van der Waals surface area (Å²) in [6, 6.07) is 74.6. The maximum absolute atomic E-state index is 6.26. The molecule has 1 aromatic heterocycles. The molecule has 1 unspecified atom stereocenters. The second-order valence-electron chi connectivity index (χ2n) is 18.6. The maximum Gasteiger partial charge on any atom is 0.0732 e. The van der Waals surface area contributed by atoms with Crippen molar-refractivity contribution in [2.75, 3.05) is 4.90 Å². The van der Waals surface area contributed by atoms with Crippen LogP contribution in [-0.2, 0) is 10.8 Å². The molecule has 67 heavy (non-hydrogen) atoms. The average Bonchev–Trinajstić information content (AvgIpc) is 4.06. The van der Waals surface area contributed by atoms with Gasteiger partial charge in [-0.25, -0.2) is 0 Å². The normalized spacial score (nSPS) is 17.1. The van der Waals surface area contributed by atoms with Crippen LogP contribution in [0.25, 0.3) is 70.3 Å². The van der Waals surface area contributed by atoms with Crippen molar-refractivity contribution in [1.82, 2.24) is 0 Å². The van der Waals surface area contributed by atoms with Crippen LogP contribution in [0.5, 0.6) is 0 Å². The highest BCUT2D eigenvalue weighted by atomic mass is 32.1. The van der Waals surface area contributed by atoms with E-state index in [0.29, 0.717) is 0 Å². The van der Waals surface area contributed by atoms with Crippen LogP contribution in [0.3, 0.4) is 0 Å². The van der Waals surface area contributed by atoms with E-state index in [2.05, 4.69) is 238 Å². The van der Waals surface area contributed by atoms with Gasteiger partial charge in [-0.05, 0) is 145 Å². The summed E-state index contributed by atoms with van der Waals surface area (Å²) in [5.74, 6) is 2.99. The van der Waals surface area contributed by atoms with Crippen molar-refractivity contribution in [3.8, 4) is 56.9 Å². The molecule has 3 aliphatic carbocycles. The van der Waals surface area contributed by atoms with E-state index in [-0.39, 0.29) is 5.41 Å². The van der Waals surface area contributed by atoms with Gasteiger partial charge in [0.1, 0.15) is 0 Å². The quantitative estimate of drug-likeness (QED) is 0.156. The van der Waals surface area contributed by atoms with Gasteiger partial charge in [0.25, 0.3) is 0 Å². The Morgan fingerprint density at radius 2 is 1.10 bits per heavy atom. The Morgan fingerprint density at radius 1 is 0.493 bits per heavy atom. The Bertz CT molecular complexity index is 3800. The van der Waals surface area contributed by atoms with Crippen molar-refractivity contribution in [1.29, 1.82) is 0 Å². The van der Waals surface area contributed by atoms with Crippen molar-refractivity contribution in [3.63, 3.8) is 0 Å². The lowest BCUT2D eigenvalue weighted by molar-refractivity contribution is 0.660. The molecular formula is C65H45NS. The lowest BCUT2D eigenvalue weighted by atomic mass is 9.70. The van der Waals surface area contributed by atoms with Crippen LogP contribution in [0.1, 0.15) is 54.2 Å². The highest BCUT2D eigenvalue weighted by Crippen LogP contribution is 2.65. The molecule has 0 radical (unpaired) electrons. The monoisotopic (exact) mass is 871 g/mol. The molecule has 0 fully saturated rings. The second kappa shape index (κ2) is 14.8. The van der Waals surface area contributed by atoms with Crippen molar-refractivity contribution in [2.45, 2.75) is 31.6 Å². The van der Waals surface area contributed by atoms with Gasteiger partial charge in [-0.3, -0.25) is 0 Å².